The lowest BCUT2D eigenvalue weighted by atomic mass is 10.1. The van der Waals surface area contributed by atoms with Crippen molar-refractivity contribution in [2.75, 3.05) is 50.6 Å². The Morgan fingerprint density at radius 1 is 1.16 bits per heavy atom. The van der Waals surface area contributed by atoms with Crippen LogP contribution in [0.15, 0.2) is 35.1 Å². The Morgan fingerprint density at radius 2 is 1.91 bits per heavy atom. The lowest BCUT2D eigenvalue weighted by molar-refractivity contribution is 0.208. The summed E-state index contributed by atoms with van der Waals surface area (Å²) in [5.41, 5.74) is 1.60. The zero-order valence-electron chi connectivity index (χ0n) is 18.1. The molecule has 1 fully saturated rings. The molecule has 2 N–H and O–H groups in total. The van der Waals surface area contributed by atoms with Gasteiger partial charge in [0.25, 0.3) is 5.56 Å². The summed E-state index contributed by atoms with van der Waals surface area (Å²) in [6.45, 7) is 3.84. The molecule has 4 rings (SSSR count). The van der Waals surface area contributed by atoms with Crippen molar-refractivity contribution >= 4 is 40.2 Å². The number of H-pyrrole nitrogens is 1. The number of carbonyl (C=O) groups excluding carboxylic acids is 1. The number of fused-ring (bicyclic) bond motifs is 1. The fourth-order valence-corrected chi connectivity index (χ4v) is 4.07. The van der Waals surface area contributed by atoms with Gasteiger partial charge in [-0.3, -0.25) is 9.78 Å². The molecule has 2 amide bonds. The fraction of sp³-hybridized carbons (Fsp3) is 0.318. The number of urea groups is 1. The van der Waals surface area contributed by atoms with Crippen LogP contribution >= 0.6 is 11.6 Å². The van der Waals surface area contributed by atoms with Crippen molar-refractivity contribution < 1.29 is 14.3 Å². The number of methoxy groups -OCH3 is 2. The standard InChI is InChI=1S/C22H24ClN5O4/c1-13-18-16(12-17(31-2)19(13)32-3)25-21(26-20(18)29)27-7-9-28(10-8-27)22(30)24-15-6-4-5-14(23)11-15/h4-6,11-12H,7-10H2,1-3H3,(H,24,30)(H,25,26,29). The number of piperazine rings is 1. The monoisotopic (exact) mass is 457 g/mol. The highest BCUT2D eigenvalue weighted by molar-refractivity contribution is 6.30. The minimum atomic E-state index is -0.246. The number of rotatable bonds is 4. The molecular weight excluding hydrogens is 434 g/mol. The maximum Gasteiger partial charge on any atom is 0.321 e. The largest absolute Gasteiger partial charge is 0.493 e. The maximum atomic E-state index is 12.8. The van der Waals surface area contributed by atoms with E-state index in [0.717, 1.165) is 0 Å². The second kappa shape index (κ2) is 8.96. The van der Waals surface area contributed by atoms with Gasteiger partial charge in [0.1, 0.15) is 0 Å². The van der Waals surface area contributed by atoms with Crippen LogP contribution in [0.1, 0.15) is 5.56 Å². The molecule has 32 heavy (non-hydrogen) atoms. The molecule has 0 radical (unpaired) electrons. The van der Waals surface area contributed by atoms with Crippen LogP contribution in [-0.2, 0) is 0 Å². The van der Waals surface area contributed by atoms with E-state index < -0.39 is 0 Å². The van der Waals surface area contributed by atoms with Gasteiger partial charge in [-0.2, -0.15) is 0 Å². The number of benzene rings is 2. The van der Waals surface area contributed by atoms with E-state index >= 15 is 0 Å². The molecule has 1 aromatic heterocycles. The van der Waals surface area contributed by atoms with E-state index in [-0.39, 0.29) is 11.6 Å². The Labute approximate surface area is 189 Å². The highest BCUT2D eigenvalue weighted by Gasteiger charge is 2.24. The van der Waals surface area contributed by atoms with Crippen LogP contribution in [-0.4, -0.2) is 61.3 Å². The van der Waals surface area contributed by atoms with Gasteiger partial charge in [0.15, 0.2) is 11.5 Å². The molecule has 1 aliphatic rings. The molecule has 0 spiro atoms. The normalized spacial score (nSPS) is 13.9. The Kier molecular flexibility index (Phi) is 6.09. The number of aromatic nitrogens is 2. The molecule has 168 valence electrons. The van der Waals surface area contributed by atoms with Crippen molar-refractivity contribution in [1.29, 1.82) is 0 Å². The molecule has 0 saturated carbocycles. The molecule has 0 atom stereocenters. The third-order valence-corrected chi connectivity index (χ3v) is 5.74. The average molecular weight is 458 g/mol. The van der Waals surface area contributed by atoms with E-state index in [1.807, 2.05) is 4.90 Å². The Hall–Kier alpha value is -3.46. The van der Waals surface area contributed by atoms with Crippen molar-refractivity contribution in [2.45, 2.75) is 6.92 Å². The number of hydrogen-bond acceptors (Lipinski definition) is 6. The summed E-state index contributed by atoms with van der Waals surface area (Å²) in [4.78, 5) is 36.6. The molecule has 9 nitrogen and oxygen atoms in total. The summed E-state index contributed by atoms with van der Waals surface area (Å²) in [6.07, 6.45) is 0. The molecule has 1 saturated heterocycles. The molecule has 0 unspecified atom stereocenters. The molecular formula is C22H24ClN5O4. The van der Waals surface area contributed by atoms with Crippen LogP contribution in [0.4, 0.5) is 16.4 Å². The number of amides is 2. The van der Waals surface area contributed by atoms with Crippen LogP contribution in [0, 0.1) is 6.92 Å². The third kappa shape index (κ3) is 4.16. The van der Waals surface area contributed by atoms with Gasteiger partial charge >= 0.3 is 6.03 Å². The quantitative estimate of drug-likeness (QED) is 0.623. The van der Waals surface area contributed by atoms with Crippen LogP contribution in [0.25, 0.3) is 10.9 Å². The van der Waals surface area contributed by atoms with E-state index in [4.69, 9.17) is 21.1 Å². The predicted molar refractivity (Wildman–Crippen MR) is 124 cm³/mol. The average Bonchev–Trinajstić information content (AvgIpc) is 2.78. The first-order chi connectivity index (χ1) is 15.4. The topological polar surface area (TPSA) is 99.8 Å². The number of ether oxygens (including phenoxy) is 2. The number of halogens is 1. The summed E-state index contributed by atoms with van der Waals surface area (Å²) in [5, 5.41) is 3.88. The van der Waals surface area contributed by atoms with Crippen molar-refractivity contribution in [3.63, 3.8) is 0 Å². The summed E-state index contributed by atoms with van der Waals surface area (Å²) >= 11 is 5.98. The van der Waals surface area contributed by atoms with Crippen molar-refractivity contribution in [2.24, 2.45) is 0 Å². The van der Waals surface area contributed by atoms with Gasteiger partial charge in [-0.1, -0.05) is 17.7 Å². The van der Waals surface area contributed by atoms with Crippen LogP contribution in [0.5, 0.6) is 11.5 Å². The minimum Gasteiger partial charge on any atom is -0.493 e. The van der Waals surface area contributed by atoms with E-state index in [1.54, 1.807) is 49.3 Å². The first kappa shape index (κ1) is 21.8. The Balaban J connectivity index is 1.51. The van der Waals surface area contributed by atoms with Crippen molar-refractivity contribution in [1.82, 2.24) is 14.9 Å². The van der Waals surface area contributed by atoms with Gasteiger partial charge in [-0.05, 0) is 25.1 Å². The van der Waals surface area contributed by atoms with E-state index in [1.165, 1.54) is 7.11 Å². The highest BCUT2D eigenvalue weighted by atomic mass is 35.5. The fourth-order valence-electron chi connectivity index (χ4n) is 3.88. The number of anilines is 2. The number of nitrogens with zero attached hydrogens (tertiary/aromatic N) is 3. The molecule has 1 aliphatic heterocycles. The first-order valence-electron chi connectivity index (χ1n) is 10.1. The van der Waals surface area contributed by atoms with Gasteiger partial charge in [-0.25, -0.2) is 9.78 Å². The zero-order chi connectivity index (χ0) is 22.8. The maximum absolute atomic E-state index is 12.8. The number of hydrogen-bond donors (Lipinski definition) is 2. The summed E-state index contributed by atoms with van der Waals surface area (Å²) in [5.74, 6) is 1.49. The molecule has 2 aromatic carbocycles. The smallest absolute Gasteiger partial charge is 0.321 e. The summed E-state index contributed by atoms with van der Waals surface area (Å²) in [6, 6.07) is 8.53. The molecule has 0 bridgehead atoms. The van der Waals surface area contributed by atoms with Gasteiger partial charge in [0.2, 0.25) is 5.95 Å². The Bertz CT molecular complexity index is 1220. The molecule has 10 heteroatoms. The van der Waals surface area contributed by atoms with Crippen molar-refractivity contribution in [3.05, 3.63) is 51.3 Å². The highest BCUT2D eigenvalue weighted by Crippen LogP contribution is 2.35. The van der Waals surface area contributed by atoms with E-state index in [9.17, 15) is 9.59 Å². The number of carbonyl (C=O) groups is 1. The van der Waals surface area contributed by atoms with Gasteiger partial charge in [0.05, 0.1) is 25.1 Å². The lowest BCUT2D eigenvalue weighted by Crippen LogP contribution is -2.50. The third-order valence-electron chi connectivity index (χ3n) is 5.51. The molecule has 2 heterocycles. The van der Waals surface area contributed by atoms with Crippen molar-refractivity contribution in [3.8, 4) is 11.5 Å². The van der Waals surface area contributed by atoms with Crippen LogP contribution in [0.3, 0.4) is 0 Å². The SMILES string of the molecule is COc1cc2nc(N3CCN(C(=O)Nc4cccc(Cl)c4)CC3)[nH]c(=O)c2c(C)c1OC. The second-order valence-corrected chi connectivity index (χ2v) is 7.87. The second-order valence-electron chi connectivity index (χ2n) is 7.44. The Morgan fingerprint density at radius 3 is 2.56 bits per heavy atom. The zero-order valence-corrected chi connectivity index (χ0v) is 18.8. The number of nitrogens with one attached hydrogen (secondary N) is 2. The van der Waals surface area contributed by atoms with E-state index in [0.29, 0.717) is 70.8 Å². The number of aryl methyl sites for hydroxylation is 1. The lowest BCUT2D eigenvalue weighted by Gasteiger charge is -2.35. The van der Waals surface area contributed by atoms with Gasteiger partial charge in [-0.15, -0.1) is 0 Å². The predicted octanol–water partition coefficient (Wildman–Crippen LogP) is 3.26. The minimum absolute atomic E-state index is 0.195. The van der Waals surface area contributed by atoms with Crippen LogP contribution in [0.2, 0.25) is 5.02 Å². The summed E-state index contributed by atoms with van der Waals surface area (Å²) in [7, 11) is 3.08. The molecule has 3 aromatic rings. The van der Waals surface area contributed by atoms with Gasteiger partial charge < -0.3 is 24.6 Å². The molecule has 0 aliphatic carbocycles. The van der Waals surface area contributed by atoms with E-state index in [2.05, 4.69) is 15.3 Å². The van der Waals surface area contributed by atoms with Gasteiger partial charge in [0, 0.05) is 48.5 Å². The van der Waals surface area contributed by atoms with Crippen LogP contribution < -0.4 is 25.2 Å². The summed E-state index contributed by atoms with van der Waals surface area (Å²) < 4.78 is 10.8. The first-order valence-corrected chi connectivity index (χ1v) is 10.5. The number of aromatic amines is 1.